The van der Waals surface area contributed by atoms with Gasteiger partial charge in [0.2, 0.25) is 0 Å². The number of esters is 1. The third-order valence-corrected chi connectivity index (χ3v) is 4.35. The number of carbonyl (C=O) groups excluding carboxylic acids is 2. The van der Waals surface area contributed by atoms with E-state index in [0.29, 0.717) is 25.2 Å². The molecule has 0 N–H and O–H groups in total. The molecule has 1 aliphatic rings. The van der Waals surface area contributed by atoms with Gasteiger partial charge < -0.3 is 14.4 Å². The Morgan fingerprint density at radius 2 is 1.85 bits per heavy atom. The molecule has 0 radical (unpaired) electrons. The highest BCUT2D eigenvalue weighted by Crippen LogP contribution is 2.17. The Labute approximate surface area is 158 Å². The molecular weight excluding hydrogens is 348 g/mol. The van der Waals surface area contributed by atoms with Gasteiger partial charge in [-0.2, -0.15) is 0 Å². The first-order valence-corrected chi connectivity index (χ1v) is 9.06. The van der Waals surface area contributed by atoms with E-state index in [1.807, 2.05) is 26.0 Å². The molecular formula is C19H24N4O4. The van der Waals surface area contributed by atoms with Crippen LogP contribution in [0.2, 0.25) is 0 Å². The average molecular weight is 372 g/mol. The third-order valence-electron chi connectivity index (χ3n) is 4.35. The smallest absolute Gasteiger partial charge is 0.410 e. The van der Waals surface area contributed by atoms with Crippen molar-refractivity contribution in [3.63, 3.8) is 0 Å². The lowest BCUT2D eigenvalue weighted by molar-refractivity contribution is 0.0515. The number of rotatable bonds is 4. The maximum Gasteiger partial charge on any atom is 0.410 e. The lowest BCUT2D eigenvalue weighted by atomic mass is 10.1. The molecule has 3 rings (SSSR count). The molecule has 144 valence electrons. The molecule has 2 aromatic rings. The summed E-state index contributed by atoms with van der Waals surface area (Å²) in [6.45, 7) is 7.55. The number of benzene rings is 1. The van der Waals surface area contributed by atoms with Gasteiger partial charge in [0.1, 0.15) is 6.61 Å². The number of carbonyl (C=O) groups is 2. The van der Waals surface area contributed by atoms with E-state index in [9.17, 15) is 9.59 Å². The molecule has 0 bridgehead atoms. The fourth-order valence-electron chi connectivity index (χ4n) is 3.24. The van der Waals surface area contributed by atoms with Crippen molar-refractivity contribution in [2.45, 2.75) is 46.9 Å². The predicted molar refractivity (Wildman–Crippen MR) is 97.1 cm³/mol. The van der Waals surface area contributed by atoms with Crippen LogP contribution >= 0.6 is 0 Å². The molecule has 1 aliphatic heterocycles. The molecule has 1 aromatic heterocycles. The number of fused-ring (bicyclic) bond motifs is 1. The number of aryl methyl sites for hydroxylation is 3. The lowest BCUT2D eigenvalue weighted by Crippen LogP contribution is -2.31. The normalized spacial score (nSPS) is 13.7. The summed E-state index contributed by atoms with van der Waals surface area (Å²) in [4.78, 5) is 26.2. The maximum absolute atomic E-state index is 12.6. The van der Waals surface area contributed by atoms with Crippen LogP contribution in [0.1, 0.15) is 46.2 Å². The van der Waals surface area contributed by atoms with Crippen molar-refractivity contribution in [3.8, 4) is 0 Å². The standard InChI is InChI=1S/C19H24N4O4/c1-4-26-18(24)17-16-11-22(6-5-7-23(16)21-20-17)19(25)27-12-15-9-13(2)8-14(3)10-15/h8-10H,4-7,11-12H2,1-3H3. The Bertz CT molecular complexity index is 826. The average Bonchev–Trinajstić information content (AvgIpc) is 2.89. The first-order valence-electron chi connectivity index (χ1n) is 9.06. The lowest BCUT2D eigenvalue weighted by Gasteiger charge is -2.20. The molecule has 0 saturated carbocycles. The second-order valence-corrected chi connectivity index (χ2v) is 6.65. The highest BCUT2D eigenvalue weighted by atomic mass is 16.6. The fourth-order valence-corrected chi connectivity index (χ4v) is 3.24. The number of ether oxygens (including phenoxy) is 2. The van der Waals surface area contributed by atoms with Crippen LogP contribution in [-0.2, 0) is 29.2 Å². The Morgan fingerprint density at radius 1 is 1.11 bits per heavy atom. The van der Waals surface area contributed by atoms with E-state index >= 15 is 0 Å². The van der Waals surface area contributed by atoms with Crippen LogP contribution in [0, 0.1) is 13.8 Å². The van der Waals surface area contributed by atoms with Crippen molar-refractivity contribution >= 4 is 12.1 Å². The minimum absolute atomic E-state index is 0.158. The molecule has 0 spiro atoms. The minimum Gasteiger partial charge on any atom is -0.461 e. The zero-order valence-electron chi connectivity index (χ0n) is 15.9. The molecule has 1 amide bonds. The number of hydrogen-bond donors (Lipinski definition) is 0. The Morgan fingerprint density at radius 3 is 2.56 bits per heavy atom. The zero-order chi connectivity index (χ0) is 19.4. The van der Waals surface area contributed by atoms with Crippen molar-refractivity contribution in [1.82, 2.24) is 19.9 Å². The molecule has 0 fully saturated rings. The summed E-state index contributed by atoms with van der Waals surface area (Å²) in [5.74, 6) is -0.524. The van der Waals surface area contributed by atoms with Crippen LogP contribution in [0.5, 0.6) is 0 Å². The summed E-state index contributed by atoms with van der Waals surface area (Å²) in [5.41, 5.74) is 3.95. The van der Waals surface area contributed by atoms with Crippen molar-refractivity contribution < 1.29 is 19.1 Å². The van der Waals surface area contributed by atoms with E-state index in [0.717, 1.165) is 16.7 Å². The molecule has 0 unspecified atom stereocenters. The van der Waals surface area contributed by atoms with Gasteiger partial charge >= 0.3 is 12.1 Å². The maximum atomic E-state index is 12.6. The highest BCUT2D eigenvalue weighted by Gasteiger charge is 2.27. The van der Waals surface area contributed by atoms with Crippen molar-refractivity contribution in [2.24, 2.45) is 0 Å². The Balaban J connectivity index is 1.69. The van der Waals surface area contributed by atoms with Crippen molar-refractivity contribution in [1.29, 1.82) is 0 Å². The van der Waals surface area contributed by atoms with E-state index in [2.05, 4.69) is 16.4 Å². The van der Waals surface area contributed by atoms with E-state index in [-0.39, 0.29) is 25.5 Å². The summed E-state index contributed by atoms with van der Waals surface area (Å²) in [7, 11) is 0. The molecule has 8 heteroatoms. The molecule has 0 saturated heterocycles. The zero-order valence-corrected chi connectivity index (χ0v) is 15.9. The van der Waals surface area contributed by atoms with Gasteiger partial charge in [-0.1, -0.05) is 34.5 Å². The predicted octanol–water partition coefficient (Wildman–Crippen LogP) is 2.61. The number of amides is 1. The number of nitrogens with zero attached hydrogens (tertiary/aromatic N) is 4. The van der Waals surface area contributed by atoms with Crippen LogP contribution in [0.3, 0.4) is 0 Å². The molecule has 1 aromatic carbocycles. The first kappa shape index (κ1) is 18.9. The van der Waals surface area contributed by atoms with Crippen LogP contribution in [0.4, 0.5) is 4.79 Å². The topological polar surface area (TPSA) is 86.5 Å². The molecule has 2 heterocycles. The van der Waals surface area contributed by atoms with Gasteiger partial charge in [-0.25, -0.2) is 14.3 Å². The summed E-state index contributed by atoms with van der Waals surface area (Å²) >= 11 is 0. The largest absolute Gasteiger partial charge is 0.461 e. The van der Waals surface area contributed by atoms with E-state index < -0.39 is 12.1 Å². The molecule has 0 aliphatic carbocycles. The fraction of sp³-hybridized carbons (Fsp3) is 0.474. The van der Waals surface area contributed by atoms with Crippen molar-refractivity contribution in [2.75, 3.05) is 13.2 Å². The van der Waals surface area contributed by atoms with Crippen LogP contribution in [0.25, 0.3) is 0 Å². The quantitative estimate of drug-likeness (QED) is 0.767. The first-order chi connectivity index (χ1) is 13.0. The summed E-state index contributed by atoms with van der Waals surface area (Å²) in [5, 5.41) is 7.94. The second kappa shape index (κ2) is 8.20. The summed E-state index contributed by atoms with van der Waals surface area (Å²) in [6, 6.07) is 6.08. The minimum atomic E-state index is -0.524. The monoisotopic (exact) mass is 372 g/mol. The van der Waals surface area contributed by atoms with E-state index in [4.69, 9.17) is 9.47 Å². The van der Waals surface area contributed by atoms with Gasteiger partial charge in [0.15, 0.2) is 5.69 Å². The van der Waals surface area contributed by atoms with Gasteiger partial charge in [0.05, 0.1) is 18.8 Å². The Kier molecular flexibility index (Phi) is 5.73. The van der Waals surface area contributed by atoms with Gasteiger partial charge in [0, 0.05) is 13.1 Å². The highest BCUT2D eigenvalue weighted by molar-refractivity contribution is 5.88. The van der Waals surface area contributed by atoms with Crippen molar-refractivity contribution in [3.05, 3.63) is 46.3 Å². The molecule has 0 atom stereocenters. The van der Waals surface area contributed by atoms with Crippen LogP contribution in [0.15, 0.2) is 18.2 Å². The van der Waals surface area contributed by atoms with Gasteiger partial charge in [0.25, 0.3) is 0 Å². The molecule has 27 heavy (non-hydrogen) atoms. The van der Waals surface area contributed by atoms with Crippen LogP contribution < -0.4 is 0 Å². The second-order valence-electron chi connectivity index (χ2n) is 6.65. The van der Waals surface area contributed by atoms with Crippen LogP contribution in [-0.4, -0.2) is 45.1 Å². The Hall–Kier alpha value is -2.90. The third kappa shape index (κ3) is 4.45. The summed E-state index contributed by atoms with van der Waals surface area (Å²) < 4.78 is 12.2. The van der Waals surface area contributed by atoms with Gasteiger partial charge in [-0.3, -0.25) is 0 Å². The van der Waals surface area contributed by atoms with Gasteiger partial charge in [-0.05, 0) is 32.8 Å². The number of hydrogen-bond acceptors (Lipinski definition) is 6. The van der Waals surface area contributed by atoms with E-state index in [1.165, 1.54) is 0 Å². The number of aromatic nitrogens is 3. The SMILES string of the molecule is CCOC(=O)c1nnn2c1CN(C(=O)OCc1cc(C)cc(C)c1)CCC2. The van der Waals surface area contributed by atoms with Gasteiger partial charge in [-0.15, -0.1) is 5.10 Å². The van der Waals surface area contributed by atoms with E-state index in [1.54, 1.807) is 16.5 Å². The molecule has 8 nitrogen and oxygen atoms in total. The summed E-state index contributed by atoms with van der Waals surface area (Å²) in [6.07, 6.45) is 0.288.